The van der Waals surface area contributed by atoms with E-state index in [0.29, 0.717) is 18.4 Å². The Morgan fingerprint density at radius 3 is 2.55 bits per heavy atom. The van der Waals surface area contributed by atoms with Crippen molar-refractivity contribution < 1.29 is 4.79 Å². The molecule has 2 aromatic heterocycles. The molecule has 0 unspecified atom stereocenters. The smallest absolute Gasteiger partial charge is 0.262 e. The van der Waals surface area contributed by atoms with E-state index in [0.717, 1.165) is 21.1 Å². The van der Waals surface area contributed by atoms with Crippen LogP contribution in [0, 0.1) is 13.8 Å². The quantitative estimate of drug-likeness (QED) is 0.869. The first-order valence-electron chi connectivity index (χ1n) is 6.82. The SMILES string of the molecule is CC(=O)CCn1c(C(C)C)nc2sc(C)c(C)c2c1=O. The maximum Gasteiger partial charge on any atom is 0.262 e. The molecule has 0 atom stereocenters. The maximum atomic E-state index is 12.7. The molecule has 5 heteroatoms. The lowest BCUT2D eigenvalue weighted by molar-refractivity contribution is -0.117. The largest absolute Gasteiger partial charge is 0.300 e. The zero-order valence-corrected chi connectivity index (χ0v) is 13.4. The van der Waals surface area contributed by atoms with Crippen LogP contribution in [0.3, 0.4) is 0 Å². The van der Waals surface area contributed by atoms with E-state index in [1.54, 1.807) is 22.8 Å². The van der Waals surface area contributed by atoms with Gasteiger partial charge in [0.15, 0.2) is 0 Å². The number of hydrogen-bond donors (Lipinski definition) is 0. The average molecular weight is 292 g/mol. The Morgan fingerprint density at radius 2 is 2.00 bits per heavy atom. The summed E-state index contributed by atoms with van der Waals surface area (Å²) in [5.74, 6) is 1.01. The zero-order chi connectivity index (χ0) is 15.0. The summed E-state index contributed by atoms with van der Waals surface area (Å²) >= 11 is 1.57. The predicted octanol–water partition coefficient (Wildman–Crippen LogP) is 3.18. The third kappa shape index (κ3) is 2.54. The van der Waals surface area contributed by atoms with Gasteiger partial charge in [-0.15, -0.1) is 11.3 Å². The molecule has 0 N–H and O–H groups in total. The molecule has 0 spiro atoms. The fourth-order valence-electron chi connectivity index (χ4n) is 2.27. The normalized spacial score (nSPS) is 11.5. The lowest BCUT2D eigenvalue weighted by Gasteiger charge is -2.14. The summed E-state index contributed by atoms with van der Waals surface area (Å²) in [7, 11) is 0. The second kappa shape index (κ2) is 5.48. The molecule has 0 aliphatic rings. The van der Waals surface area contributed by atoms with E-state index in [1.807, 2.05) is 27.7 Å². The standard InChI is InChI=1S/C15H20N2O2S/c1-8(2)13-16-14-12(10(4)11(5)20-14)15(19)17(13)7-6-9(3)18/h8H,6-7H2,1-5H3. The minimum Gasteiger partial charge on any atom is -0.300 e. The molecule has 4 nitrogen and oxygen atoms in total. The molecule has 2 rings (SSSR count). The second-order valence-corrected chi connectivity index (χ2v) is 6.70. The molecule has 0 aromatic carbocycles. The highest BCUT2D eigenvalue weighted by Gasteiger charge is 2.18. The van der Waals surface area contributed by atoms with Gasteiger partial charge in [0.2, 0.25) is 0 Å². The van der Waals surface area contributed by atoms with Gasteiger partial charge in [-0.25, -0.2) is 4.98 Å². The summed E-state index contributed by atoms with van der Waals surface area (Å²) in [6, 6.07) is 0. The number of nitrogens with zero attached hydrogens (tertiary/aromatic N) is 2. The highest BCUT2D eigenvalue weighted by Crippen LogP contribution is 2.27. The molecule has 0 radical (unpaired) electrons. The number of rotatable bonds is 4. The van der Waals surface area contributed by atoms with Gasteiger partial charge >= 0.3 is 0 Å². The van der Waals surface area contributed by atoms with Crippen molar-refractivity contribution in [3.63, 3.8) is 0 Å². The van der Waals surface area contributed by atoms with Crippen molar-refractivity contribution in [2.75, 3.05) is 0 Å². The summed E-state index contributed by atoms with van der Waals surface area (Å²) in [6.45, 7) is 9.97. The molecule has 2 heterocycles. The molecule has 0 aliphatic carbocycles. The molecule has 0 saturated carbocycles. The number of fused-ring (bicyclic) bond motifs is 1. The molecule has 0 saturated heterocycles. The van der Waals surface area contributed by atoms with E-state index in [2.05, 4.69) is 4.98 Å². The fraction of sp³-hybridized carbons (Fsp3) is 0.533. The molecule has 0 bridgehead atoms. The van der Waals surface area contributed by atoms with Crippen LogP contribution >= 0.6 is 11.3 Å². The summed E-state index contributed by atoms with van der Waals surface area (Å²) in [4.78, 5) is 30.5. The molecule has 0 fully saturated rings. The number of thiophene rings is 1. The zero-order valence-electron chi connectivity index (χ0n) is 12.6. The van der Waals surface area contributed by atoms with Crippen LogP contribution in [-0.4, -0.2) is 15.3 Å². The van der Waals surface area contributed by atoms with Gasteiger partial charge in [-0.05, 0) is 26.3 Å². The lowest BCUT2D eigenvalue weighted by Crippen LogP contribution is -2.26. The second-order valence-electron chi connectivity index (χ2n) is 5.50. The van der Waals surface area contributed by atoms with Crippen LogP contribution in [0.15, 0.2) is 4.79 Å². The molecule has 20 heavy (non-hydrogen) atoms. The Balaban J connectivity index is 2.71. The van der Waals surface area contributed by atoms with Crippen LogP contribution in [0.5, 0.6) is 0 Å². The number of ketones is 1. The molecular formula is C15H20N2O2S. The summed E-state index contributed by atoms with van der Waals surface area (Å²) in [6.07, 6.45) is 0.370. The van der Waals surface area contributed by atoms with Gasteiger partial charge in [0.05, 0.1) is 5.39 Å². The van der Waals surface area contributed by atoms with Gasteiger partial charge in [0, 0.05) is 23.8 Å². The number of Topliss-reactive ketones (excluding diaryl/α,β-unsaturated/α-hetero) is 1. The number of carbonyl (C=O) groups is 1. The van der Waals surface area contributed by atoms with Gasteiger partial charge in [0.25, 0.3) is 5.56 Å². The Labute approximate surface area is 122 Å². The number of carbonyl (C=O) groups excluding carboxylic acids is 1. The molecule has 0 amide bonds. The Hall–Kier alpha value is -1.49. The van der Waals surface area contributed by atoms with E-state index >= 15 is 0 Å². The topological polar surface area (TPSA) is 52.0 Å². The summed E-state index contributed by atoms with van der Waals surface area (Å²) in [5, 5.41) is 0.709. The van der Waals surface area contributed by atoms with Crippen molar-refractivity contribution in [3.8, 4) is 0 Å². The Kier molecular flexibility index (Phi) is 4.09. The van der Waals surface area contributed by atoms with Gasteiger partial charge in [-0.1, -0.05) is 13.8 Å². The van der Waals surface area contributed by atoms with E-state index in [9.17, 15) is 9.59 Å². The van der Waals surface area contributed by atoms with Gasteiger partial charge in [-0.3, -0.25) is 14.2 Å². The molecule has 108 valence electrons. The predicted molar refractivity (Wildman–Crippen MR) is 82.7 cm³/mol. The van der Waals surface area contributed by atoms with E-state index < -0.39 is 0 Å². The van der Waals surface area contributed by atoms with Gasteiger partial charge < -0.3 is 0 Å². The fourth-order valence-corrected chi connectivity index (χ4v) is 3.30. The van der Waals surface area contributed by atoms with E-state index in [4.69, 9.17) is 0 Å². The average Bonchev–Trinajstić information content (AvgIpc) is 2.63. The Morgan fingerprint density at radius 1 is 1.35 bits per heavy atom. The number of hydrogen-bond acceptors (Lipinski definition) is 4. The van der Waals surface area contributed by atoms with Crippen LogP contribution in [0.25, 0.3) is 10.2 Å². The van der Waals surface area contributed by atoms with Crippen molar-refractivity contribution in [2.24, 2.45) is 0 Å². The maximum absolute atomic E-state index is 12.7. The van der Waals surface area contributed by atoms with Crippen molar-refractivity contribution >= 4 is 27.3 Å². The van der Waals surface area contributed by atoms with Crippen LogP contribution in [-0.2, 0) is 11.3 Å². The first kappa shape index (κ1) is 14.9. The van der Waals surface area contributed by atoms with Crippen LogP contribution in [0.4, 0.5) is 0 Å². The third-order valence-electron chi connectivity index (χ3n) is 3.52. The first-order chi connectivity index (χ1) is 9.32. The van der Waals surface area contributed by atoms with Crippen molar-refractivity contribution in [1.82, 2.24) is 9.55 Å². The highest BCUT2D eigenvalue weighted by molar-refractivity contribution is 7.18. The van der Waals surface area contributed by atoms with Crippen LogP contribution < -0.4 is 5.56 Å². The third-order valence-corrected chi connectivity index (χ3v) is 4.62. The highest BCUT2D eigenvalue weighted by atomic mass is 32.1. The minimum absolute atomic E-state index is 0.0122. The Bertz CT molecular complexity index is 726. The van der Waals surface area contributed by atoms with Crippen molar-refractivity contribution in [1.29, 1.82) is 0 Å². The summed E-state index contributed by atoms with van der Waals surface area (Å²) in [5.41, 5.74) is 0.996. The monoisotopic (exact) mass is 292 g/mol. The lowest BCUT2D eigenvalue weighted by atomic mass is 10.1. The minimum atomic E-state index is -0.0122. The molecule has 0 aliphatic heterocycles. The molecule has 2 aromatic rings. The van der Waals surface area contributed by atoms with Crippen molar-refractivity contribution in [2.45, 2.75) is 53.5 Å². The van der Waals surface area contributed by atoms with E-state index in [1.165, 1.54) is 0 Å². The summed E-state index contributed by atoms with van der Waals surface area (Å²) < 4.78 is 1.67. The number of aryl methyl sites for hydroxylation is 2. The molecular weight excluding hydrogens is 272 g/mol. The van der Waals surface area contributed by atoms with Crippen LogP contribution in [0.2, 0.25) is 0 Å². The van der Waals surface area contributed by atoms with Crippen molar-refractivity contribution in [3.05, 3.63) is 26.6 Å². The van der Waals surface area contributed by atoms with Gasteiger partial charge in [-0.2, -0.15) is 0 Å². The van der Waals surface area contributed by atoms with E-state index in [-0.39, 0.29) is 17.3 Å². The van der Waals surface area contributed by atoms with Gasteiger partial charge in [0.1, 0.15) is 16.4 Å². The first-order valence-corrected chi connectivity index (χ1v) is 7.64. The van der Waals surface area contributed by atoms with Crippen LogP contribution in [0.1, 0.15) is 49.4 Å². The number of aromatic nitrogens is 2.